The van der Waals surface area contributed by atoms with Gasteiger partial charge in [0.05, 0.1) is 10.5 Å². The summed E-state index contributed by atoms with van der Waals surface area (Å²) >= 11 is 0. The van der Waals surface area contributed by atoms with Crippen molar-refractivity contribution >= 4 is 34.0 Å². The smallest absolute Gasteiger partial charge is 0.338 e. The lowest BCUT2D eigenvalue weighted by Crippen LogP contribution is -2.34. The normalized spacial score (nSPS) is 16.3. The molecule has 2 aromatic carbocycles. The number of fused-ring (bicyclic) bond motifs is 1. The molecule has 8 heteroatoms. The van der Waals surface area contributed by atoms with E-state index >= 15 is 0 Å². The van der Waals surface area contributed by atoms with Gasteiger partial charge in [0.15, 0.2) is 6.61 Å². The number of para-hydroxylation sites is 1. The number of aromatic nitrogens is 1. The minimum Gasteiger partial charge on any atom is -0.454 e. The fraction of sp³-hybridized carbons (Fsp3) is 0.304. The molecule has 1 aliphatic rings. The molecule has 2 heterocycles. The van der Waals surface area contributed by atoms with Crippen molar-refractivity contribution in [3.05, 3.63) is 69.9 Å². The number of carbonyl (C=O) groups excluding carboxylic acids is 2. The number of Topliss-reactive ketones (excluding diaryl/α,β-unsaturated/α-hetero) is 1. The van der Waals surface area contributed by atoms with Gasteiger partial charge in [0.1, 0.15) is 5.69 Å². The summed E-state index contributed by atoms with van der Waals surface area (Å²) in [6.07, 6.45) is 3.65. The van der Waals surface area contributed by atoms with Crippen LogP contribution in [0.2, 0.25) is 0 Å². The lowest BCUT2D eigenvalue weighted by atomic mass is 9.99. The Hall–Kier alpha value is -3.68. The highest BCUT2D eigenvalue weighted by atomic mass is 16.6. The van der Waals surface area contributed by atoms with E-state index in [4.69, 9.17) is 4.74 Å². The Morgan fingerprint density at radius 1 is 1.26 bits per heavy atom. The fourth-order valence-electron chi connectivity index (χ4n) is 4.07. The highest BCUT2D eigenvalue weighted by molar-refractivity contribution is 6.09. The average Bonchev–Trinajstić information content (AvgIpc) is 3.21. The largest absolute Gasteiger partial charge is 0.454 e. The maximum absolute atomic E-state index is 12.5. The van der Waals surface area contributed by atoms with E-state index in [9.17, 15) is 19.7 Å². The standard InChI is InChI=1S/C23H23N3O5/c1-15-5-4-10-25(13-15)20-9-8-16(11-21(20)26(29)30)23(28)31-14-22(27)18-12-24-19-7-3-2-6-17(18)19/h2-3,6-9,11-12,15,24H,4-5,10,13-14H2,1H3/t15-/m1/s1. The first kappa shape index (κ1) is 20.6. The quantitative estimate of drug-likeness (QED) is 0.274. The number of esters is 1. The number of benzene rings is 2. The Morgan fingerprint density at radius 3 is 2.84 bits per heavy atom. The lowest BCUT2D eigenvalue weighted by molar-refractivity contribution is -0.384. The number of nitro benzene ring substituents is 1. The highest BCUT2D eigenvalue weighted by Gasteiger charge is 2.26. The zero-order valence-electron chi connectivity index (χ0n) is 17.2. The van der Waals surface area contributed by atoms with Crippen LogP contribution in [0.25, 0.3) is 10.9 Å². The number of hydrogen-bond acceptors (Lipinski definition) is 6. The number of hydrogen-bond donors (Lipinski definition) is 1. The molecule has 0 saturated carbocycles. The molecule has 160 valence electrons. The van der Waals surface area contributed by atoms with Crippen LogP contribution in [0, 0.1) is 16.0 Å². The molecule has 0 aliphatic carbocycles. The van der Waals surface area contributed by atoms with Crippen molar-refractivity contribution in [2.75, 3.05) is 24.6 Å². The Morgan fingerprint density at radius 2 is 2.06 bits per heavy atom. The minimum atomic E-state index is -0.769. The van der Waals surface area contributed by atoms with Crippen molar-refractivity contribution in [2.45, 2.75) is 19.8 Å². The van der Waals surface area contributed by atoms with Gasteiger partial charge in [-0.05, 0) is 37.0 Å². The predicted octanol–water partition coefficient (Wildman–Crippen LogP) is 4.35. The third-order valence-electron chi connectivity index (χ3n) is 5.63. The Labute approximate surface area is 179 Å². The molecule has 0 spiro atoms. The van der Waals surface area contributed by atoms with Crippen LogP contribution in [0.3, 0.4) is 0 Å². The summed E-state index contributed by atoms with van der Waals surface area (Å²) in [5.41, 5.74) is 1.67. The van der Waals surface area contributed by atoms with Crippen LogP contribution in [-0.2, 0) is 4.74 Å². The lowest BCUT2D eigenvalue weighted by Gasteiger charge is -2.32. The van der Waals surface area contributed by atoms with Crippen molar-refractivity contribution in [3.63, 3.8) is 0 Å². The van der Waals surface area contributed by atoms with E-state index < -0.39 is 17.5 Å². The van der Waals surface area contributed by atoms with Gasteiger partial charge in [-0.15, -0.1) is 0 Å². The van der Waals surface area contributed by atoms with Gasteiger partial charge >= 0.3 is 5.97 Å². The topological polar surface area (TPSA) is 106 Å². The maximum atomic E-state index is 12.5. The van der Waals surface area contributed by atoms with Crippen LogP contribution >= 0.6 is 0 Å². The second-order valence-electron chi connectivity index (χ2n) is 7.90. The van der Waals surface area contributed by atoms with Gasteiger partial charge in [-0.1, -0.05) is 25.1 Å². The molecule has 0 radical (unpaired) electrons. The van der Waals surface area contributed by atoms with Gasteiger partial charge in [-0.3, -0.25) is 14.9 Å². The van der Waals surface area contributed by atoms with Crippen LogP contribution in [0.5, 0.6) is 0 Å². The van der Waals surface area contributed by atoms with Gasteiger partial charge in [0, 0.05) is 41.8 Å². The molecule has 1 aromatic heterocycles. The summed E-state index contributed by atoms with van der Waals surface area (Å²) in [7, 11) is 0. The molecule has 1 fully saturated rings. The van der Waals surface area contributed by atoms with Crippen molar-refractivity contribution in [1.29, 1.82) is 0 Å². The number of nitrogens with one attached hydrogen (secondary N) is 1. The number of aromatic amines is 1. The monoisotopic (exact) mass is 421 g/mol. The number of H-pyrrole nitrogens is 1. The van der Waals surface area contributed by atoms with Crippen LogP contribution < -0.4 is 4.90 Å². The molecular weight excluding hydrogens is 398 g/mol. The number of piperidine rings is 1. The van der Waals surface area contributed by atoms with E-state index in [1.54, 1.807) is 12.3 Å². The van der Waals surface area contributed by atoms with Crippen molar-refractivity contribution < 1.29 is 19.2 Å². The first-order valence-electron chi connectivity index (χ1n) is 10.2. The van der Waals surface area contributed by atoms with E-state index in [-0.39, 0.29) is 17.0 Å². The molecule has 0 bridgehead atoms. The number of nitro groups is 1. The summed E-state index contributed by atoms with van der Waals surface area (Å²) in [4.78, 5) is 41.1. The van der Waals surface area contributed by atoms with E-state index in [2.05, 4.69) is 11.9 Å². The second kappa shape index (κ2) is 8.59. The van der Waals surface area contributed by atoms with Crippen LogP contribution in [0.1, 0.15) is 40.5 Å². The number of rotatable bonds is 6. The second-order valence-corrected chi connectivity index (χ2v) is 7.90. The van der Waals surface area contributed by atoms with Crippen molar-refractivity contribution in [1.82, 2.24) is 4.98 Å². The van der Waals surface area contributed by atoms with Crippen LogP contribution in [0.15, 0.2) is 48.7 Å². The number of ether oxygens (including phenoxy) is 1. The predicted molar refractivity (Wildman–Crippen MR) is 117 cm³/mol. The first-order valence-corrected chi connectivity index (χ1v) is 10.2. The SMILES string of the molecule is C[C@@H]1CCCN(c2ccc(C(=O)OCC(=O)c3c[nH]c4ccccc34)cc2[N+](=O)[O-])C1. The molecule has 3 aromatic rings. The summed E-state index contributed by atoms with van der Waals surface area (Å²) < 4.78 is 5.16. The highest BCUT2D eigenvalue weighted by Crippen LogP contribution is 2.32. The first-order chi connectivity index (χ1) is 14.9. The Balaban J connectivity index is 1.48. The molecule has 1 aliphatic heterocycles. The molecular formula is C23H23N3O5. The van der Waals surface area contributed by atoms with E-state index in [1.807, 2.05) is 29.2 Å². The Kier molecular flexibility index (Phi) is 5.70. The zero-order chi connectivity index (χ0) is 22.0. The third kappa shape index (κ3) is 4.28. The number of nitrogens with zero attached hydrogens (tertiary/aromatic N) is 2. The third-order valence-corrected chi connectivity index (χ3v) is 5.63. The summed E-state index contributed by atoms with van der Waals surface area (Å²) in [6.45, 7) is 3.16. The summed E-state index contributed by atoms with van der Waals surface area (Å²) in [5, 5.41) is 12.4. The molecule has 1 atom stereocenters. The van der Waals surface area contributed by atoms with Gasteiger partial charge < -0.3 is 14.6 Å². The van der Waals surface area contributed by atoms with Gasteiger partial charge in [0.2, 0.25) is 5.78 Å². The van der Waals surface area contributed by atoms with Crippen molar-refractivity contribution in [2.24, 2.45) is 5.92 Å². The van der Waals surface area contributed by atoms with E-state index in [0.717, 1.165) is 36.8 Å². The summed E-state index contributed by atoms with van der Waals surface area (Å²) in [6, 6.07) is 11.7. The molecule has 8 nitrogen and oxygen atoms in total. The molecule has 4 rings (SSSR count). The minimum absolute atomic E-state index is 0.0484. The van der Waals surface area contributed by atoms with Crippen LogP contribution in [-0.4, -0.2) is 41.4 Å². The fourth-order valence-corrected chi connectivity index (χ4v) is 4.07. The molecule has 31 heavy (non-hydrogen) atoms. The maximum Gasteiger partial charge on any atom is 0.338 e. The van der Waals surface area contributed by atoms with Gasteiger partial charge in [-0.25, -0.2) is 4.79 Å². The Bertz CT molecular complexity index is 1150. The van der Waals surface area contributed by atoms with E-state index in [1.165, 1.54) is 12.1 Å². The molecule has 1 N–H and O–H groups in total. The van der Waals surface area contributed by atoms with E-state index in [0.29, 0.717) is 17.2 Å². The van der Waals surface area contributed by atoms with Crippen molar-refractivity contribution in [3.8, 4) is 0 Å². The van der Waals surface area contributed by atoms with Crippen LogP contribution in [0.4, 0.5) is 11.4 Å². The zero-order valence-corrected chi connectivity index (χ0v) is 17.2. The van der Waals surface area contributed by atoms with Gasteiger partial charge in [0.25, 0.3) is 5.69 Å². The molecule has 0 amide bonds. The number of carbonyl (C=O) groups is 2. The number of anilines is 1. The summed E-state index contributed by atoms with van der Waals surface area (Å²) in [5.74, 6) is -0.664. The molecule has 0 unspecified atom stereocenters. The van der Waals surface area contributed by atoms with Gasteiger partial charge in [-0.2, -0.15) is 0 Å². The average molecular weight is 421 g/mol. The molecule has 1 saturated heterocycles. The number of ketones is 1.